The van der Waals surface area contributed by atoms with Crippen LogP contribution in [0.5, 0.6) is 0 Å². The molecule has 1 aromatic carbocycles. The van der Waals surface area contributed by atoms with Gasteiger partial charge in [-0.3, -0.25) is 14.9 Å². The maximum Gasteiger partial charge on any atom is 0.123 e. The average Bonchev–Trinajstić information content (AvgIpc) is 2.50. The number of halogens is 1. The molecule has 3 nitrogen and oxygen atoms in total. The summed E-state index contributed by atoms with van der Waals surface area (Å²) in [7, 11) is 2.08. The Balaban J connectivity index is 1.83. The molecule has 1 atom stereocenters. The van der Waals surface area contributed by atoms with Crippen LogP contribution in [0, 0.1) is 5.82 Å². The van der Waals surface area contributed by atoms with Crippen molar-refractivity contribution in [2.24, 2.45) is 0 Å². The van der Waals surface area contributed by atoms with Gasteiger partial charge in [0.25, 0.3) is 0 Å². The molecule has 110 valence electrons. The van der Waals surface area contributed by atoms with E-state index >= 15 is 0 Å². The molecule has 0 aliphatic carbocycles. The maximum atomic E-state index is 12.8. The molecule has 4 heteroatoms. The highest BCUT2D eigenvalue weighted by molar-refractivity contribution is 5.48. The predicted octanol–water partition coefficient (Wildman–Crippen LogP) is 3.19. The number of hydrogen-bond acceptors (Lipinski definition) is 3. The molecule has 0 unspecified atom stereocenters. The third-order valence-corrected chi connectivity index (χ3v) is 3.45. The monoisotopic (exact) mass is 285 g/mol. The first-order chi connectivity index (χ1) is 10.1. The Morgan fingerprint density at radius 2 is 2.00 bits per heavy atom. The van der Waals surface area contributed by atoms with Gasteiger partial charge in [0, 0.05) is 37.6 Å². The lowest BCUT2D eigenvalue weighted by Crippen LogP contribution is -2.31. The molecular formula is C17H20FN3. The van der Waals surface area contributed by atoms with Crippen molar-refractivity contribution >= 4 is 6.08 Å². The zero-order valence-electron chi connectivity index (χ0n) is 12.4. The van der Waals surface area contributed by atoms with Gasteiger partial charge in [0.1, 0.15) is 5.82 Å². The molecule has 2 aromatic rings. The smallest absolute Gasteiger partial charge is 0.123 e. The van der Waals surface area contributed by atoms with Crippen molar-refractivity contribution < 1.29 is 4.39 Å². The van der Waals surface area contributed by atoms with E-state index in [9.17, 15) is 4.39 Å². The largest absolute Gasteiger partial charge is 0.300 e. The highest BCUT2D eigenvalue weighted by Crippen LogP contribution is 2.07. The molecule has 0 aliphatic rings. The molecule has 0 amide bonds. The summed E-state index contributed by atoms with van der Waals surface area (Å²) >= 11 is 0. The lowest BCUT2D eigenvalue weighted by molar-refractivity contribution is 0.281. The van der Waals surface area contributed by atoms with Crippen molar-refractivity contribution in [3.05, 3.63) is 66.0 Å². The van der Waals surface area contributed by atoms with Gasteiger partial charge in [0.15, 0.2) is 0 Å². The molecule has 0 saturated carbocycles. The van der Waals surface area contributed by atoms with Gasteiger partial charge in [-0.15, -0.1) is 0 Å². The normalized spacial score (nSPS) is 13.0. The van der Waals surface area contributed by atoms with Gasteiger partial charge in [-0.25, -0.2) is 4.39 Å². The van der Waals surface area contributed by atoms with E-state index in [4.69, 9.17) is 0 Å². The number of aromatic nitrogens is 2. The second-order valence-electron chi connectivity index (χ2n) is 5.14. The Bertz CT molecular complexity index is 566. The molecule has 1 heterocycles. The molecule has 0 spiro atoms. The van der Waals surface area contributed by atoms with Crippen molar-refractivity contribution in [2.75, 3.05) is 13.6 Å². The molecular weight excluding hydrogens is 265 g/mol. The van der Waals surface area contributed by atoms with E-state index in [-0.39, 0.29) is 5.82 Å². The molecule has 0 bridgehead atoms. The highest BCUT2D eigenvalue weighted by atomic mass is 19.1. The van der Waals surface area contributed by atoms with Crippen LogP contribution < -0.4 is 0 Å². The molecule has 0 aliphatic heterocycles. The van der Waals surface area contributed by atoms with Gasteiger partial charge >= 0.3 is 0 Å². The standard InChI is InChI=1S/C17H20FN3/c1-14(12-17-13-19-9-10-20-17)21(2)11-3-4-15-5-7-16(18)8-6-15/h3-10,13-14H,11-12H2,1-2H3/b4-3+/t14-/m1/s1. The van der Waals surface area contributed by atoms with E-state index in [0.29, 0.717) is 6.04 Å². The van der Waals surface area contributed by atoms with Crippen LogP contribution >= 0.6 is 0 Å². The Hall–Kier alpha value is -2.07. The second kappa shape index (κ2) is 7.64. The third kappa shape index (κ3) is 5.08. The summed E-state index contributed by atoms with van der Waals surface area (Å²) in [5, 5.41) is 0. The van der Waals surface area contributed by atoms with E-state index in [1.165, 1.54) is 12.1 Å². The molecule has 0 saturated heterocycles. The molecule has 21 heavy (non-hydrogen) atoms. The van der Waals surface area contributed by atoms with Crippen LogP contribution in [0.1, 0.15) is 18.2 Å². The van der Waals surface area contributed by atoms with Gasteiger partial charge in [0.2, 0.25) is 0 Å². The van der Waals surface area contributed by atoms with E-state index in [1.807, 2.05) is 6.08 Å². The van der Waals surface area contributed by atoms with Crippen molar-refractivity contribution in [3.63, 3.8) is 0 Å². The van der Waals surface area contributed by atoms with Gasteiger partial charge < -0.3 is 0 Å². The van der Waals surface area contributed by atoms with E-state index < -0.39 is 0 Å². The van der Waals surface area contributed by atoms with Crippen LogP contribution in [0.3, 0.4) is 0 Å². The summed E-state index contributed by atoms with van der Waals surface area (Å²) in [4.78, 5) is 10.6. The zero-order valence-corrected chi connectivity index (χ0v) is 12.4. The van der Waals surface area contributed by atoms with Crippen LogP contribution in [0.15, 0.2) is 48.9 Å². The van der Waals surface area contributed by atoms with Gasteiger partial charge in [-0.1, -0.05) is 24.3 Å². The number of likely N-dealkylation sites (N-methyl/N-ethyl adjacent to an activating group) is 1. The Morgan fingerprint density at radius 3 is 2.67 bits per heavy atom. The minimum Gasteiger partial charge on any atom is -0.300 e. The van der Waals surface area contributed by atoms with Crippen LogP contribution in [-0.2, 0) is 6.42 Å². The molecule has 0 fully saturated rings. The average molecular weight is 285 g/mol. The summed E-state index contributed by atoms with van der Waals surface area (Å²) in [6.07, 6.45) is 10.2. The Kier molecular flexibility index (Phi) is 5.58. The van der Waals surface area contributed by atoms with Gasteiger partial charge in [0.05, 0.1) is 5.69 Å². The predicted molar refractivity (Wildman–Crippen MR) is 83.3 cm³/mol. The lowest BCUT2D eigenvalue weighted by Gasteiger charge is -2.22. The fourth-order valence-electron chi connectivity index (χ4n) is 2.00. The summed E-state index contributed by atoms with van der Waals surface area (Å²) in [5.74, 6) is -0.207. The van der Waals surface area contributed by atoms with Crippen molar-refractivity contribution in [3.8, 4) is 0 Å². The topological polar surface area (TPSA) is 29.0 Å². The van der Waals surface area contributed by atoms with Gasteiger partial charge in [-0.05, 0) is 31.7 Å². The maximum absolute atomic E-state index is 12.8. The SMILES string of the molecule is C[C@H](Cc1cnccn1)N(C)C/C=C/c1ccc(F)cc1. The summed E-state index contributed by atoms with van der Waals surface area (Å²) in [6, 6.07) is 6.86. The van der Waals surface area contributed by atoms with Gasteiger partial charge in [-0.2, -0.15) is 0 Å². The quantitative estimate of drug-likeness (QED) is 0.816. The summed E-state index contributed by atoms with van der Waals surface area (Å²) in [5.41, 5.74) is 2.01. The molecule has 1 aromatic heterocycles. The summed E-state index contributed by atoms with van der Waals surface area (Å²) < 4.78 is 12.8. The van der Waals surface area contributed by atoms with Crippen LogP contribution in [0.4, 0.5) is 4.39 Å². The van der Waals surface area contributed by atoms with Crippen LogP contribution in [0.25, 0.3) is 6.08 Å². The molecule has 0 radical (unpaired) electrons. The first kappa shape index (κ1) is 15.3. The summed E-state index contributed by atoms with van der Waals surface area (Å²) in [6.45, 7) is 3.00. The number of hydrogen-bond donors (Lipinski definition) is 0. The zero-order chi connectivity index (χ0) is 15.1. The third-order valence-electron chi connectivity index (χ3n) is 3.45. The second-order valence-corrected chi connectivity index (χ2v) is 5.14. The Morgan fingerprint density at radius 1 is 1.24 bits per heavy atom. The van der Waals surface area contributed by atoms with E-state index in [1.54, 1.807) is 30.7 Å². The van der Waals surface area contributed by atoms with Crippen LogP contribution in [-0.4, -0.2) is 34.5 Å². The van der Waals surface area contributed by atoms with E-state index in [2.05, 4.69) is 34.9 Å². The lowest BCUT2D eigenvalue weighted by atomic mass is 10.1. The first-order valence-electron chi connectivity index (χ1n) is 7.02. The Labute approximate surface area is 125 Å². The van der Waals surface area contributed by atoms with Crippen molar-refractivity contribution in [1.82, 2.24) is 14.9 Å². The number of rotatable bonds is 6. The number of benzene rings is 1. The minimum atomic E-state index is -0.207. The number of nitrogens with zero attached hydrogens (tertiary/aromatic N) is 3. The van der Waals surface area contributed by atoms with Crippen molar-refractivity contribution in [1.29, 1.82) is 0 Å². The van der Waals surface area contributed by atoms with Crippen molar-refractivity contribution in [2.45, 2.75) is 19.4 Å². The molecule has 0 N–H and O–H groups in total. The fraction of sp³-hybridized carbons (Fsp3) is 0.294. The van der Waals surface area contributed by atoms with E-state index in [0.717, 1.165) is 24.2 Å². The minimum absolute atomic E-state index is 0.207. The molecule has 2 rings (SSSR count). The highest BCUT2D eigenvalue weighted by Gasteiger charge is 2.09. The first-order valence-corrected chi connectivity index (χ1v) is 7.02. The van der Waals surface area contributed by atoms with Crippen LogP contribution in [0.2, 0.25) is 0 Å². The fourth-order valence-corrected chi connectivity index (χ4v) is 2.00.